The van der Waals surface area contributed by atoms with E-state index in [-0.39, 0.29) is 23.0 Å². The number of amides is 1. The average Bonchev–Trinajstić information content (AvgIpc) is 3.40. The Kier molecular flexibility index (Phi) is 6.50. The van der Waals surface area contributed by atoms with Gasteiger partial charge in [-0.1, -0.05) is 35.5 Å². The summed E-state index contributed by atoms with van der Waals surface area (Å²) in [6, 6.07) is 18.3. The highest BCUT2D eigenvalue weighted by Gasteiger charge is 2.38. The summed E-state index contributed by atoms with van der Waals surface area (Å²) in [7, 11) is 1.80. The fourth-order valence-corrected chi connectivity index (χ4v) is 5.02. The van der Waals surface area contributed by atoms with Crippen LogP contribution in [0.2, 0.25) is 0 Å². The Labute approximate surface area is 179 Å². The fraction of sp³-hybridized carbons (Fsp3) is 0.304. The molecule has 5 nitrogen and oxygen atoms in total. The molecule has 0 radical (unpaired) electrons. The summed E-state index contributed by atoms with van der Waals surface area (Å²) in [5, 5.41) is 4.17. The molecule has 2 heterocycles. The van der Waals surface area contributed by atoms with Gasteiger partial charge in [-0.05, 0) is 36.2 Å². The van der Waals surface area contributed by atoms with E-state index in [0.717, 1.165) is 30.1 Å². The van der Waals surface area contributed by atoms with E-state index in [0.29, 0.717) is 6.54 Å². The monoisotopic (exact) mass is 425 g/mol. The second-order valence-corrected chi connectivity index (χ2v) is 8.92. The minimum atomic E-state index is -0.237. The molecule has 0 spiro atoms. The highest BCUT2D eigenvalue weighted by molar-refractivity contribution is 8.00. The van der Waals surface area contributed by atoms with Gasteiger partial charge in [0, 0.05) is 36.3 Å². The lowest BCUT2D eigenvalue weighted by Crippen LogP contribution is -2.43. The van der Waals surface area contributed by atoms with E-state index in [2.05, 4.69) is 22.2 Å². The molecule has 1 aromatic heterocycles. The summed E-state index contributed by atoms with van der Waals surface area (Å²) >= 11 is 1.71. The largest absolute Gasteiger partial charge is 0.364 e. The molecule has 156 valence electrons. The Morgan fingerprint density at radius 1 is 1.20 bits per heavy atom. The van der Waals surface area contributed by atoms with Crippen molar-refractivity contribution in [2.75, 3.05) is 13.6 Å². The first kappa shape index (κ1) is 20.6. The van der Waals surface area contributed by atoms with Gasteiger partial charge in [0.25, 0.3) is 0 Å². The number of halogens is 1. The molecule has 1 aliphatic rings. The summed E-state index contributed by atoms with van der Waals surface area (Å²) < 4.78 is 18.1. The minimum absolute atomic E-state index is 0.0798. The van der Waals surface area contributed by atoms with Gasteiger partial charge in [-0.2, -0.15) is 0 Å². The average molecular weight is 426 g/mol. The fourth-order valence-electron chi connectivity index (χ4n) is 3.80. The molecule has 1 fully saturated rings. The number of benzene rings is 2. The first-order chi connectivity index (χ1) is 14.6. The van der Waals surface area contributed by atoms with Crippen molar-refractivity contribution in [3.63, 3.8) is 0 Å². The van der Waals surface area contributed by atoms with Crippen LogP contribution in [0.3, 0.4) is 0 Å². The molecule has 0 bridgehead atoms. The maximum atomic E-state index is 13.3. The number of thioether (sulfide) groups is 1. The quantitative estimate of drug-likeness (QED) is 0.568. The lowest BCUT2D eigenvalue weighted by atomic mass is 10.1. The Bertz CT molecular complexity index is 950. The van der Waals surface area contributed by atoms with E-state index in [9.17, 15) is 9.18 Å². The zero-order chi connectivity index (χ0) is 20.9. The molecule has 1 saturated heterocycles. The molecule has 1 amide bonds. The highest BCUT2D eigenvalue weighted by atomic mass is 32.2. The zero-order valence-electron chi connectivity index (χ0n) is 16.8. The van der Waals surface area contributed by atoms with Gasteiger partial charge in [0.05, 0.1) is 12.6 Å². The van der Waals surface area contributed by atoms with Crippen LogP contribution in [0.1, 0.15) is 17.7 Å². The van der Waals surface area contributed by atoms with Gasteiger partial charge in [0.2, 0.25) is 5.91 Å². The summed E-state index contributed by atoms with van der Waals surface area (Å²) in [6.07, 6.45) is 2.26. The van der Waals surface area contributed by atoms with Gasteiger partial charge in [-0.25, -0.2) is 4.39 Å². The van der Waals surface area contributed by atoms with Crippen molar-refractivity contribution in [3.05, 3.63) is 84.0 Å². The summed E-state index contributed by atoms with van der Waals surface area (Å²) in [6.45, 7) is 1.93. The van der Waals surface area contributed by atoms with E-state index in [1.165, 1.54) is 24.0 Å². The number of carbonyl (C=O) groups excluding carboxylic acids is 1. The second kappa shape index (κ2) is 9.45. The highest BCUT2D eigenvalue weighted by Crippen LogP contribution is 2.34. The molecule has 0 aliphatic carbocycles. The Balaban J connectivity index is 1.48. The van der Waals surface area contributed by atoms with Gasteiger partial charge in [-0.3, -0.25) is 9.69 Å². The van der Waals surface area contributed by atoms with Gasteiger partial charge in [0.15, 0.2) is 0 Å². The standard InChI is InChI=1S/C23H24FN3O2S/c1-26(15-19-11-12-29-25-19)23(28)22-13-21(30-20-9-7-18(24)8-10-20)16-27(22)14-17-5-3-2-4-6-17/h2-12,21-22H,13-16H2,1H3/t21-,22+/m1/s1. The van der Waals surface area contributed by atoms with Crippen LogP contribution in [-0.2, 0) is 17.9 Å². The van der Waals surface area contributed by atoms with Crippen LogP contribution in [-0.4, -0.2) is 45.7 Å². The van der Waals surface area contributed by atoms with Crippen LogP contribution in [0.5, 0.6) is 0 Å². The third kappa shape index (κ3) is 5.09. The number of rotatable bonds is 7. The van der Waals surface area contributed by atoms with Crippen molar-refractivity contribution in [1.82, 2.24) is 15.0 Å². The molecule has 0 saturated carbocycles. The van der Waals surface area contributed by atoms with Gasteiger partial charge in [-0.15, -0.1) is 11.8 Å². The molecule has 0 unspecified atom stereocenters. The van der Waals surface area contributed by atoms with Crippen LogP contribution in [0.4, 0.5) is 4.39 Å². The van der Waals surface area contributed by atoms with Crippen LogP contribution < -0.4 is 0 Å². The molecule has 1 aliphatic heterocycles. The molecular formula is C23H24FN3O2S. The topological polar surface area (TPSA) is 49.6 Å². The normalized spacial score (nSPS) is 19.1. The number of nitrogens with zero attached hydrogens (tertiary/aromatic N) is 3. The Hall–Kier alpha value is -2.64. The SMILES string of the molecule is CN(Cc1ccon1)C(=O)[C@@H]1C[C@@H](Sc2ccc(F)cc2)CN1Cc1ccccc1. The van der Waals surface area contributed by atoms with Crippen LogP contribution in [0, 0.1) is 5.82 Å². The van der Waals surface area contributed by atoms with E-state index >= 15 is 0 Å². The predicted octanol–water partition coefficient (Wildman–Crippen LogP) is 4.21. The predicted molar refractivity (Wildman–Crippen MR) is 114 cm³/mol. The summed E-state index contributed by atoms with van der Waals surface area (Å²) in [4.78, 5) is 18.3. The van der Waals surface area contributed by atoms with Crippen LogP contribution in [0.15, 0.2) is 76.3 Å². The maximum Gasteiger partial charge on any atom is 0.240 e. The lowest BCUT2D eigenvalue weighted by Gasteiger charge is -2.27. The molecular weight excluding hydrogens is 401 g/mol. The van der Waals surface area contributed by atoms with Gasteiger partial charge >= 0.3 is 0 Å². The van der Waals surface area contributed by atoms with E-state index in [4.69, 9.17) is 4.52 Å². The molecule has 2 atom stereocenters. The number of hydrogen-bond acceptors (Lipinski definition) is 5. The smallest absolute Gasteiger partial charge is 0.240 e. The van der Waals surface area contributed by atoms with Crippen molar-refractivity contribution >= 4 is 17.7 Å². The Morgan fingerprint density at radius 2 is 1.97 bits per heavy atom. The van der Waals surface area contributed by atoms with Crippen molar-refractivity contribution in [3.8, 4) is 0 Å². The van der Waals surface area contributed by atoms with Crippen molar-refractivity contribution in [2.24, 2.45) is 0 Å². The third-order valence-electron chi connectivity index (χ3n) is 5.26. The first-order valence-corrected chi connectivity index (χ1v) is 10.8. The van der Waals surface area contributed by atoms with E-state index in [1.54, 1.807) is 41.9 Å². The van der Waals surface area contributed by atoms with Gasteiger partial charge in [0.1, 0.15) is 17.8 Å². The second-order valence-electron chi connectivity index (χ2n) is 7.55. The number of likely N-dealkylation sites (N-methyl/N-ethyl adjacent to an activating group) is 1. The summed E-state index contributed by atoms with van der Waals surface area (Å²) in [5.74, 6) is -0.157. The number of carbonyl (C=O) groups is 1. The number of likely N-dealkylation sites (tertiary alicyclic amines) is 1. The van der Waals surface area contributed by atoms with Crippen molar-refractivity contribution in [2.45, 2.75) is 35.7 Å². The third-order valence-corrected chi connectivity index (χ3v) is 6.48. The molecule has 3 aromatic rings. The van der Waals surface area contributed by atoms with Crippen LogP contribution >= 0.6 is 11.8 Å². The van der Waals surface area contributed by atoms with Gasteiger partial charge < -0.3 is 9.42 Å². The molecule has 0 N–H and O–H groups in total. The van der Waals surface area contributed by atoms with Crippen molar-refractivity contribution in [1.29, 1.82) is 0 Å². The van der Waals surface area contributed by atoms with E-state index < -0.39 is 0 Å². The maximum absolute atomic E-state index is 13.3. The number of hydrogen-bond donors (Lipinski definition) is 0. The molecule has 2 aromatic carbocycles. The molecule has 4 rings (SSSR count). The first-order valence-electron chi connectivity index (χ1n) is 9.93. The minimum Gasteiger partial charge on any atom is -0.364 e. The molecule has 7 heteroatoms. The van der Waals surface area contributed by atoms with Crippen LogP contribution in [0.25, 0.3) is 0 Å². The number of aromatic nitrogens is 1. The Morgan fingerprint density at radius 3 is 2.67 bits per heavy atom. The summed E-state index contributed by atoms with van der Waals surface area (Å²) in [5.41, 5.74) is 1.91. The molecule has 30 heavy (non-hydrogen) atoms. The van der Waals surface area contributed by atoms with Crippen molar-refractivity contribution < 1.29 is 13.7 Å². The van der Waals surface area contributed by atoms with E-state index in [1.807, 2.05) is 18.2 Å². The zero-order valence-corrected chi connectivity index (χ0v) is 17.6. The lowest BCUT2D eigenvalue weighted by molar-refractivity contribution is -0.135.